The Labute approximate surface area is 116 Å². The molecule has 2 nitrogen and oxygen atoms in total. The van der Waals surface area contributed by atoms with Gasteiger partial charge in [0.25, 0.3) is 0 Å². The van der Waals surface area contributed by atoms with Gasteiger partial charge in [-0.05, 0) is 41.3 Å². The molecule has 1 unspecified atom stereocenters. The second-order valence-electron chi connectivity index (χ2n) is 4.38. The quantitative estimate of drug-likeness (QED) is 0.925. The summed E-state index contributed by atoms with van der Waals surface area (Å²) in [5, 5.41) is 10.6. The molecule has 1 atom stereocenters. The fraction of sp³-hybridized carbons (Fsp3) is 0.267. The van der Waals surface area contributed by atoms with E-state index in [1.165, 1.54) is 6.07 Å². The van der Waals surface area contributed by atoms with E-state index in [9.17, 15) is 9.50 Å². The molecule has 0 spiro atoms. The van der Waals surface area contributed by atoms with Crippen LogP contribution in [0.5, 0.6) is 0 Å². The Morgan fingerprint density at radius 2 is 2.11 bits per heavy atom. The highest BCUT2D eigenvalue weighted by Crippen LogP contribution is 2.24. The average molecular weight is 280 g/mol. The van der Waals surface area contributed by atoms with Crippen LogP contribution in [-0.2, 0) is 12.8 Å². The van der Waals surface area contributed by atoms with Crippen molar-refractivity contribution in [2.24, 2.45) is 0 Å². The van der Waals surface area contributed by atoms with Gasteiger partial charge in [0.2, 0.25) is 0 Å². The van der Waals surface area contributed by atoms with Crippen LogP contribution in [0.4, 0.5) is 4.39 Å². The smallest absolute Gasteiger partial charge is 0.127 e. The summed E-state index contributed by atoms with van der Waals surface area (Å²) in [6.07, 6.45) is 3.63. The van der Waals surface area contributed by atoms with Crippen LogP contribution in [0, 0.1) is 5.82 Å². The van der Waals surface area contributed by atoms with Gasteiger partial charge in [-0.3, -0.25) is 4.98 Å². The second kappa shape index (κ2) is 6.13. The summed E-state index contributed by atoms with van der Waals surface area (Å²) in [5.41, 5.74) is 2.23. The monoisotopic (exact) mass is 279 g/mol. The van der Waals surface area contributed by atoms with Crippen molar-refractivity contribution in [1.82, 2.24) is 4.98 Å². The third kappa shape index (κ3) is 3.31. The van der Waals surface area contributed by atoms with E-state index >= 15 is 0 Å². The first-order chi connectivity index (χ1) is 9.11. The first-order valence-corrected chi connectivity index (χ1v) is 6.54. The zero-order valence-electron chi connectivity index (χ0n) is 10.6. The summed E-state index contributed by atoms with van der Waals surface area (Å²) in [4.78, 5) is 4.03. The van der Waals surface area contributed by atoms with Gasteiger partial charge in [0.15, 0.2) is 0 Å². The van der Waals surface area contributed by atoms with Crippen molar-refractivity contribution < 1.29 is 9.50 Å². The Balaban J connectivity index is 2.23. The zero-order valence-corrected chi connectivity index (χ0v) is 11.4. The molecule has 2 rings (SSSR count). The Morgan fingerprint density at radius 1 is 1.32 bits per heavy atom. The zero-order chi connectivity index (χ0) is 13.8. The summed E-state index contributed by atoms with van der Waals surface area (Å²) in [6.45, 7) is 2.00. The van der Waals surface area contributed by atoms with E-state index in [1.54, 1.807) is 30.6 Å². The number of aliphatic hydroxyl groups excluding tert-OH is 1. The third-order valence-corrected chi connectivity index (χ3v) is 3.34. The number of rotatable bonds is 4. The minimum atomic E-state index is -0.742. The molecule has 1 N–H and O–H groups in total. The van der Waals surface area contributed by atoms with Crippen molar-refractivity contribution in [2.45, 2.75) is 25.9 Å². The number of aromatic nitrogens is 1. The van der Waals surface area contributed by atoms with Crippen LogP contribution in [0.1, 0.15) is 29.7 Å². The SMILES string of the molecule is CCc1cnccc1C(O)Cc1ccc(Cl)cc1F. The van der Waals surface area contributed by atoms with Crippen molar-refractivity contribution in [3.8, 4) is 0 Å². The Morgan fingerprint density at radius 3 is 2.79 bits per heavy atom. The molecule has 0 aliphatic heterocycles. The molecule has 4 heteroatoms. The Bertz CT molecular complexity index is 574. The molecule has 1 heterocycles. The fourth-order valence-electron chi connectivity index (χ4n) is 2.06. The molecule has 19 heavy (non-hydrogen) atoms. The number of aryl methyl sites for hydroxylation is 1. The Hall–Kier alpha value is -1.45. The first kappa shape index (κ1) is 14.0. The molecular weight excluding hydrogens is 265 g/mol. The maximum atomic E-state index is 13.7. The van der Waals surface area contributed by atoms with Crippen molar-refractivity contribution in [3.63, 3.8) is 0 Å². The van der Waals surface area contributed by atoms with E-state index in [-0.39, 0.29) is 6.42 Å². The number of halogens is 2. The lowest BCUT2D eigenvalue weighted by Crippen LogP contribution is -2.06. The highest BCUT2D eigenvalue weighted by Gasteiger charge is 2.14. The number of benzene rings is 1. The molecular formula is C15H15ClFNO. The van der Waals surface area contributed by atoms with Crippen molar-refractivity contribution in [2.75, 3.05) is 0 Å². The highest BCUT2D eigenvalue weighted by molar-refractivity contribution is 6.30. The first-order valence-electron chi connectivity index (χ1n) is 6.16. The highest BCUT2D eigenvalue weighted by atomic mass is 35.5. The lowest BCUT2D eigenvalue weighted by atomic mass is 9.97. The van der Waals surface area contributed by atoms with Gasteiger partial charge in [-0.1, -0.05) is 24.6 Å². The molecule has 0 aliphatic rings. The van der Waals surface area contributed by atoms with Crippen molar-refractivity contribution in [1.29, 1.82) is 0 Å². The molecule has 0 aliphatic carbocycles. The Kier molecular flexibility index (Phi) is 4.51. The van der Waals surface area contributed by atoms with Crippen LogP contribution in [0.3, 0.4) is 0 Å². The maximum absolute atomic E-state index is 13.7. The minimum Gasteiger partial charge on any atom is -0.388 e. The van der Waals surface area contributed by atoms with Gasteiger partial charge in [-0.15, -0.1) is 0 Å². The third-order valence-electron chi connectivity index (χ3n) is 3.11. The van der Waals surface area contributed by atoms with Gasteiger partial charge in [0.05, 0.1) is 6.10 Å². The molecule has 0 fully saturated rings. The lowest BCUT2D eigenvalue weighted by Gasteiger charge is -2.15. The molecule has 1 aromatic carbocycles. The maximum Gasteiger partial charge on any atom is 0.127 e. The predicted octanol–water partition coefficient (Wildman–Crippen LogP) is 3.71. The standard InChI is InChI=1S/C15H15ClFNO/c1-2-10-9-18-6-5-13(10)15(19)7-11-3-4-12(16)8-14(11)17/h3-6,8-9,15,19H,2,7H2,1H3. The average Bonchev–Trinajstić information content (AvgIpc) is 2.41. The van der Waals surface area contributed by atoms with Crippen LogP contribution in [-0.4, -0.2) is 10.1 Å². The van der Waals surface area contributed by atoms with Crippen LogP contribution >= 0.6 is 11.6 Å². The van der Waals surface area contributed by atoms with Crippen LogP contribution in [0.25, 0.3) is 0 Å². The summed E-state index contributed by atoms with van der Waals surface area (Å²) in [6, 6.07) is 6.27. The summed E-state index contributed by atoms with van der Waals surface area (Å²) >= 11 is 5.71. The number of aliphatic hydroxyl groups is 1. The number of hydrogen-bond donors (Lipinski definition) is 1. The molecule has 1 aromatic heterocycles. The van der Waals surface area contributed by atoms with E-state index in [0.29, 0.717) is 10.6 Å². The van der Waals surface area contributed by atoms with Gasteiger partial charge in [0.1, 0.15) is 5.82 Å². The molecule has 0 saturated heterocycles. The summed E-state index contributed by atoms with van der Waals surface area (Å²) in [5.74, 6) is -0.390. The van der Waals surface area contributed by atoms with Gasteiger partial charge in [-0.25, -0.2) is 4.39 Å². The minimum absolute atomic E-state index is 0.222. The summed E-state index contributed by atoms with van der Waals surface area (Å²) in [7, 11) is 0. The van der Waals surface area contributed by atoms with Gasteiger partial charge in [0, 0.05) is 23.8 Å². The molecule has 0 bridgehead atoms. The van der Waals surface area contributed by atoms with E-state index in [1.807, 2.05) is 6.92 Å². The van der Waals surface area contributed by atoms with Gasteiger partial charge in [-0.2, -0.15) is 0 Å². The van der Waals surface area contributed by atoms with Crippen molar-refractivity contribution >= 4 is 11.6 Å². The van der Waals surface area contributed by atoms with Crippen LogP contribution in [0.15, 0.2) is 36.7 Å². The number of nitrogens with zero attached hydrogens (tertiary/aromatic N) is 1. The normalized spacial score (nSPS) is 12.4. The largest absolute Gasteiger partial charge is 0.388 e. The van der Waals surface area contributed by atoms with Gasteiger partial charge < -0.3 is 5.11 Å². The molecule has 0 saturated carbocycles. The van der Waals surface area contributed by atoms with Crippen LogP contribution in [0.2, 0.25) is 5.02 Å². The number of hydrogen-bond acceptors (Lipinski definition) is 2. The van der Waals surface area contributed by atoms with Gasteiger partial charge >= 0.3 is 0 Å². The second-order valence-corrected chi connectivity index (χ2v) is 4.82. The van der Waals surface area contributed by atoms with E-state index < -0.39 is 11.9 Å². The summed E-state index contributed by atoms with van der Waals surface area (Å²) < 4.78 is 13.7. The molecule has 0 amide bonds. The topological polar surface area (TPSA) is 33.1 Å². The number of pyridine rings is 1. The molecule has 100 valence electrons. The molecule has 2 aromatic rings. The predicted molar refractivity (Wildman–Crippen MR) is 73.7 cm³/mol. The molecule has 0 radical (unpaired) electrons. The van der Waals surface area contributed by atoms with Crippen molar-refractivity contribution in [3.05, 3.63) is 64.2 Å². The van der Waals surface area contributed by atoms with Crippen LogP contribution < -0.4 is 0 Å². The lowest BCUT2D eigenvalue weighted by molar-refractivity contribution is 0.176. The van der Waals surface area contributed by atoms with E-state index in [4.69, 9.17) is 11.6 Å². The fourth-order valence-corrected chi connectivity index (χ4v) is 2.22. The van der Waals surface area contributed by atoms with E-state index in [0.717, 1.165) is 17.5 Å². The van der Waals surface area contributed by atoms with E-state index in [2.05, 4.69) is 4.98 Å².